The van der Waals surface area contributed by atoms with Crippen molar-refractivity contribution in [3.8, 4) is 5.69 Å². The molecule has 11 nitrogen and oxygen atoms in total. The Hall–Kier alpha value is -4.44. The average molecular weight is 621 g/mol. The van der Waals surface area contributed by atoms with Crippen LogP contribution in [0.2, 0.25) is 5.02 Å². The van der Waals surface area contributed by atoms with Crippen LogP contribution in [-0.4, -0.2) is 71.8 Å². The number of carbonyl (C=O) groups excluding carboxylic acids is 1. The van der Waals surface area contributed by atoms with Crippen LogP contribution < -0.4 is 10.6 Å². The molecule has 2 aromatic heterocycles. The van der Waals surface area contributed by atoms with Gasteiger partial charge in [0.2, 0.25) is 5.95 Å². The number of aromatic nitrogens is 4. The molecule has 1 amide bonds. The number of aliphatic hydroxyl groups is 2. The highest BCUT2D eigenvalue weighted by Gasteiger charge is 2.40. The molecule has 1 unspecified atom stereocenters. The molecule has 2 atom stereocenters. The van der Waals surface area contributed by atoms with E-state index in [1.807, 2.05) is 0 Å². The monoisotopic (exact) mass is 620 g/mol. The molecule has 0 radical (unpaired) electrons. The number of benzene rings is 2. The standard InChI is InChI=1S/C27H25ClF4N8O3/c1-15-10-18(11-34-23(15)29)37-25(42)19-4-2-3-5-20(19)40-14-36-22(38-40)12-35-26(43)39(13-21(41)27(30,31)32)24(33)16-6-8-17(28)9-7-16/h2-11,14,21,26,33,35,41,43H,12-13H2,1H3,(H,37,42)/t21-,26?/m0/s1. The summed E-state index contributed by atoms with van der Waals surface area (Å²) in [5.74, 6) is -1.62. The molecule has 0 spiro atoms. The number of carbonyl (C=O) groups is 1. The summed E-state index contributed by atoms with van der Waals surface area (Å²) in [6, 6.07) is 13.5. The van der Waals surface area contributed by atoms with Gasteiger partial charge in [-0.25, -0.2) is 14.6 Å². The van der Waals surface area contributed by atoms with Crippen LogP contribution in [-0.2, 0) is 6.54 Å². The molecule has 0 aliphatic rings. The summed E-state index contributed by atoms with van der Waals surface area (Å²) in [6.45, 7) is 0.0915. The summed E-state index contributed by atoms with van der Waals surface area (Å²) in [5.41, 5.74) is 1.18. The summed E-state index contributed by atoms with van der Waals surface area (Å²) in [7, 11) is 0. The maximum atomic E-state index is 13.5. The van der Waals surface area contributed by atoms with E-state index in [2.05, 4.69) is 25.7 Å². The van der Waals surface area contributed by atoms with Crippen molar-refractivity contribution in [2.75, 3.05) is 11.9 Å². The third-order valence-electron chi connectivity index (χ3n) is 6.10. The molecule has 43 heavy (non-hydrogen) atoms. The minimum absolute atomic E-state index is 0.0852. The summed E-state index contributed by atoms with van der Waals surface area (Å²) in [6.07, 6.45) is -7.24. The maximum Gasteiger partial charge on any atom is 0.416 e. The largest absolute Gasteiger partial charge is 0.416 e. The van der Waals surface area contributed by atoms with Crippen LogP contribution in [0.15, 0.2) is 67.1 Å². The zero-order valence-corrected chi connectivity index (χ0v) is 23.1. The lowest BCUT2D eigenvalue weighted by Gasteiger charge is -2.32. The number of alkyl halides is 3. The second-order valence-corrected chi connectivity index (χ2v) is 9.66. The minimum atomic E-state index is -5.00. The van der Waals surface area contributed by atoms with Gasteiger partial charge in [-0.05, 0) is 49.4 Å². The molecule has 2 aromatic carbocycles. The Balaban J connectivity index is 1.49. The van der Waals surface area contributed by atoms with Gasteiger partial charge in [0.05, 0.1) is 36.2 Å². The highest BCUT2D eigenvalue weighted by atomic mass is 35.5. The van der Waals surface area contributed by atoms with Crippen LogP contribution in [0.5, 0.6) is 0 Å². The van der Waals surface area contributed by atoms with Gasteiger partial charge >= 0.3 is 6.18 Å². The number of aliphatic hydroxyl groups excluding tert-OH is 2. The van der Waals surface area contributed by atoms with Gasteiger partial charge in [0.1, 0.15) is 12.2 Å². The van der Waals surface area contributed by atoms with Gasteiger partial charge in [-0.3, -0.25) is 15.5 Å². The normalized spacial score (nSPS) is 12.9. The third kappa shape index (κ3) is 7.90. The van der Waals surface area contributed by atoms with Crippen LogP contribution >= 0.6 is 11.6 Å². The third-order valence-corrected chi connectivity index (χ3v) is 6.35. The number of pyridine rings is 1. The number of hydrogen-bond acceptors (Lipinski definition) is 8. The molecule has 5 N–H and O–H groups in total. The second-order valence-electron chi connectivity index (χ2n) is 9.23. The summed E-state index contributed by atoms with van der Waals surface area (Å²) >= 11 is 5.85. The number of nitrogens with one attached hydrogen (secondary N) is 3. The molecule has 0 aliphatic heterocycles. The first kappa shape index (κ1) is 31.5. The van der Waals surface area contributed by atoms with E-state index < -0.39 is 42.9 Å². The van der Waals surface area contributed by atoms with Crippen molar-refractivity contribution in [2.45, 2.75) is 32.1 Å². The van der Waals surface area contributed by atoms with Crippen molar-refractivity contribution in [3.05, 3.63) is 101 Å². The van der Waals surface area contributed by atoms with Crippen molar-refractivity contribution in [2.24, 2.45) is 0 Å². The Morgan fingerprint density at radius 3 is 2.51 bits per heavy atom. The first-order valence-electron chi connectivity index (χ1n) is 12.5. The Labute approximate surface area is 247 Å². The lowest BCUT2D eigenvalue weighted by molar-refractivity contribution is -0.210. The van der Waals surface area contributed by atoms with E-state index in [4.69, 9.17) is 17.0 Å². The van der Waals surface area contributed by atoms with Gasteiger partial charge in [-0.15, -0.1) is 5.10 Å². The van der Waals surface area contributed by atoms with Gasteiger partial charge in [0.15, 0.2) is 18.3 Å². The van der Waals surface area contributed by atoms with Crippen LogP contribution in [0.1, 0.15) is 27.3 Å². The van der Waals surface area contributed by atoms with Gasteiger partial charge in [0, 0.05) is 16.1 Å². The number of amides is 1. The van der Waals surface area contributed by atoms with E-state index in [1.165, 1.54) is 60.5 Å². The van der Waals surface area contributed by atoms with Gasteiger partial charge in [0.25, 0.3) is 5.91 Å². The van der Waals surface area contributed by atoms with Crippen molar-refractivity contribution >= 4 is 29.0 Å². The topological polar surface area (TPSA) is 152 Å². The number of para-hydroxylation sites is 1. The molecular formula is C27H25ClF4N8O3. The van der Waals surface area contributed by atoms with E-state index in [-0.39, 0.29) is 34.7 Å². The van der Waals surface area contributed by atoms with Crippen LogP contribution in [0.25, 0.3) is 5.69 Å². The number of amidine groups is 1. The Morgan fingerprint density at radius 1 is 1.14 bits per heavy atom. The fourth-order valence-electron chi connectivity index (χ4n) is 3.85. The number of halogens is 5. The second kappa shape index (κ2) is 13.2. The van der Waals surface area contributed by atoms with E-state index >= 15 is 0 Å². The number of nitrogens with zero attached hydrogens (tertiary/aromatic N) is 5. The predicted molar refractivity (Wildman–Crippen MR) is 148 cm³/mol. The number of hydrogen-bond donors (Lipinski definition) is 5. The summed E-state index contributed by atoms with van der Waals surface area (Å²) in [4.78, 5) is 21.3. The number of rotatable bonds is 10. The highest BCUT2D eigenvalue weighted by molar-refractivity contribution is 6.30. The smallest absolute Gasteiger partial charge is 0.382 e. The van der Waals surface area contributed by atoms with E-state index in [9.17, 15) is 32.6 Å². The van der Waals surface area contributed by atoms with Crippen molar-refractivity contribution in [3.63, 3.8) is 0 Å². The quantitative estimate of drug-likeness (QED) is 0.0593. The van der Waals surface area contributed by atoms with Crippen molar-refractivity contribution in [1.29, 1.82) is 5.41 Å². The maximum absolute atomic E-state index is 13.5. The van der Waals surface area contributed by atoms with Gasteiger partial charge in [-0.1, -0.05) is 23.7 Å². The van der Waals surface area contributed by atoms with Gasteiger partial charge < -0.3 is 20.4 Å². The lowest BCUT2D eigenvalue weighted by atomic mass is 10.1. The number of anilines is 1. The minimum Gasteiger partial charge on any atom is -0.382 e. The molecular weight excluding hydrogens is 596 g/mol. The molecule has 4 rings (SSSR count). The number of aryl methyl sites for hydroxylation is 1. The Bertz CT molecular complexity index is 1600. The molecule has 0 fully saturated rings. The molecule has 0 bridgehead atoms. The van der Waals surface area contributed by atoms with E-state index in [1.54, 1.807) is 18.2 Å². The fraction of sp³-hybridized carbons (Fsp3) is 0.222. The summed E-state index contributed by atoms with van der Waals surface area (Å²) < 4.78 is 54.1. The van der Waals surface area contributed by atoms with Crippen molar-refractivity contribution in [1.82, 2.24) is 30.0 Å². The van der Waals surface area contributed by atoms with E-state index in [0.29, 0.717) is 15.6 Å². The van der Waals surface area contributed by atoms with Crippen LogP contribution in [0.3, 0.4) is 0 Å². The zero-order chi connectivity index (χ0) is 31.3. The van der Waals surface area contributed by atoms with Gasteiger partial charge in [-0.2, -0.15) is 17.6 Å². The molecule has 16 heteroatoms. The summed E-state index contributed by atoms with van der Waals surface area (Å²) in [5, 5.41) is 38.5. The van der Waals surface area contributed by atoms with Crippen LogP contribution in [0.4, 0.5) is 23.2 Å². The zero-order valence-electron chi connectivity index (χ0n) is 22.3. The Morgan fingerprint density at radius 2 is 1.84 bits per heavy atom. The van der Waals surface area contributed by atoms with Crippen molar-refractivity contribution < 1.29 is 32.6 Å². The lowest BCUT2D eigenvalue weighted by Crippen LogP contribution is -2.53. The SMILES string of the molecule is Cc1cc(NC(=O)c2ccccc2-n2cnc(CNC(O)N(C[C@H](O)C(F)(F)F)C(=N)c3ccc(Cl)cc3)n2)cnc1F. The molecule has 0 saturated heterocycles. The Kier molecular flexibility index (Phi) is 9.70. The average Bonchev–Trinajstić information content (AvgIpc) is 3.45. The van der Waals surface area contributed by atoms with E-state index in [0.717, 1.165) is 0 Å². The highest BCUT2D eigenvalue weighted by Crippen LogP contribution is 2.22. The molecule has 226 valence electrons. The molecule has 4 aromatic rings. The molecule has 0 saturated carbocycles. The fourth-order valence-corrected chi connectivity index (χ4v) is 3.98. The molecule has 0 aliphatic carbocycles. The van der Waals surface area contributed by atoms with Crippen LogP contribution in [0, 0.1) is 18.3 Å². The molecule has 2 heterocycles. The predicted octanol–water partition coefficient (Wildman–Crippen LogP) is 3.63. The first-order valence-corrected chi connectivity index (χ1v) is 12.9. The first-order chi connectivity index (χ1) is 20.3.